The lowest BCUT2D eigenvalue weighted by molar-refractivity contribution is 0.0618. The fourth-order valence-electron chi connectivity index (χ4n) is 3.94. The van der Waals surface area contributed by atoms with Gasteiger partial charge in [-0.2, -0.15) is 0 Å². The lowest BCUT2D eigenvalue weighted by Crippen LogP contribution is -2.57. The second-order valence-corrected chi connectivity index (χ2v) is 7.23. The van der Waals surface area contributed by atoms with Crippen LogP contribution in [0.5, 0.6) is 0 Å². The summed E-state index contributed by atoms with van der Waals surface area (Å²) in [5.74, 6) is 0.604. The Morgan fingerprint density at radius 1 is 1.16 bits per heavy atom. The van der Waals surface area contributed by atoms with Crippen LogP contribution in [0.3, 0.4) is 0 Å². The van der Waals surface area contributed by atoms with E-state index in [9.17, 15) is 9.59 Å². The fourth-order valence-corrected chi connectivity index (χ4v) is 3.94. The van der Waals surface area contributed by atoms with Crippen LogP contribution >= 0.6 is 0 Å². The number of nitrogens with one attached hydrogen (secondary N) is 1. The van der Waals surface area contributed by atoms with Crippen molar-refractivity contribution in [2.75, 3.05) is 32.7 Å². The van der Waals surface area contributed by atoms with Crippen molar-refractivity contribution in [3.05, 3.63) is 29.8 Å². The van der Waals surface area contributed by atoms with E-state index in [1.807, 2.05) is 0 Å². The molecule has 2 amide bonds. The van der Waals surface area contributed by atoms with Crippen molar-refractivity contribution in [1.29, 1.82) is 0 Å². The zero-order valence-corrected chi connectivity index (χ0v) is 13.9. The smallest absolute Gasteiger partial charge is 0.289 e. The van der Waals surface area contributed by atoms with Crippen LogP contribution in [0, 0.1) is 5.92 Å². The highest BCUT2D eigenvalue weighted by atomic mass is 16.3. The number of hydrogen-bond acceptors (Lipinski definition) is 5. The van der Waals surface area contributed by atoms with Crippen LogP contribution in [-0.4, -0.2) is 65.4 Å². The topological polar surface area (TPSA) is 78.5 Å². The lowest BCUT2D eigenvalue weighted by Gasteiger charge is -2.44. The Balaban J connectivity index is 1.35. The van der Waals surface area contributed by atoms with Crippen LogP contribution in [0.15, 0.2) is 22.7 Å². The van der Waals surface area contributed by atoms with Crippen LogP contribution in [0.4, 0.5) is 0 Å². The van der Waals surface area contributed by atoms with Gasteiger partial charge in [-0.1, -0.05) is 0 Å². The second-order valence-electron chi connectivity index (χ2n) is 7.23. The van der Waals surface area contributed by atoms with Crippen molar-refractivity contribution in [3.63, 3.8) is 0 Å². The standard InChI is InChI=1S/C18H20N4O3/c23-17(20-14-10-21-3-1-11(14)2-4-21)13-8-15-12(9-19-13)7-16(25-15)18(24)22-5-6-22/h7-9,11,14H,1-6,10H2,(H,20,23). The number of furan rings is 1. The molecule has 7 nitrogen and oxygen atoms in total. The summed E-state index contributed by atoms with van der Waals surface area (Å²) < 4.78 is 5.64. The third-order valence-corrected chi connectivity index (χ3v) is 5.55. The summed E-state index contributed by atoms with van der Waals surface area (Å²) in [6.07, 6.45) is 3.90. The molecule has 4 fully saturated rings. The average Bonchev–Trinajstić information content (AvgIpc) is 3.40. The summed E-state index contributed by atoms with van der Waals surface area (Å²) in [4.78, 5) is 33.0. The summed E-state index contributed by atoms with van der Waals surface area (Å²) in [7, 11) is 0. The van der Waals surface area contributed by atoms with E-state index in [4.69, 9.17) is 4.42 Å². The fraction of sp³-hybridized carbons (Fsp3) is 0.500. The van der Waals surface area contributed by atoms with Crippen molar-refractivity contribution < 1.29 is 14.0 Å². The van der Waals surface area contributed by atoms with E-state index < -0.39 is 0 Å². The minimum atomic E-state index is -0.170. The number of pyridine rings is 1. The molecule has 0 radical (unpaired) electrons. The predicted molar refractivity (Wildman–Crippen MR) is 90.3 cm³/mol. The van der Waals surface area contributed by atoms with Crippen molar-refractivity contribution in [1.82, 2.24) is 20.1 Å². The number of nitrogens with zero attached hydrogens (tertiary/aromatic N) is 3. The van der Waals surface area contributed by atoms with Gasteiger partial charge in [0.15, 0.2) is 5.76 Å². The lowest BCUT2D eigenvalue weighted by atomic mass is 9.84. The molecule has 1 unspecified atom stereocenters. The molecule has 130 valence electrons. The number of hydrogen-bond donors (Lipinski definition) is 1. The molecule has 25 heavy (non-hydrogen) atoms. The van der Waals surface area contributed by atoms with E-state index in [1.165, 1.54) is 0 Å². The highest BCUT2D eigenvalue weighted by Crippen LogP contribution is 2.28. The average molecular weight is 340 g/mol. The molecule has 1 N–H and O–H groups in total. The molecule has 2 aromatic rings. The highest BCUT2D eigenvalue weighted by Gasteiger charge is 2.35. The van der Waals surface area contributed by atoms with Gasteiger partial charge in [0.25, 0.3) is 11.8 Å². The van der Waals surface area contributed by atoms with Crippen molar-refractivity contribution in [3.8, 4) is 0 Å². The van der Waals surface area contributed by atoms with Gasteiger partial charge >= 0.3 is 0 Å². The summed E-state index contributed by atoms with van der Waals surface area (Å²) in [5.41, 5.74) is 0.864. The molecule has 0 saturated carbocycles. The molecule has 6 rings (SSSR count). The van der Waals surface area contributed by atoms with Crippen molar-refractivity contribution in [2.24, 2.45) is 5.92 Å². The van der Waals surface area contributed by atoms with Crippen LogP contribution in [0.2, 0.25) is 0 Å². The number of carbonyl (C=O) groups is 2. The Morgan fingerprint density at radius 3 is 2.64 bits per heavy atom. The molecule has 0 aliphatic carbocycles. The highest BCUT2D eigenvalue weighted by molar-refractivity contribution is 5.99. The van der Waals surface area contributed by atoms with E-state index in [1.54, 1.807) is 23.2 Å². The van der Waals surface area contributed by atoms with Gasteiger partial charge in [0.05, 0.1) is 0 Å². The SMILES string of the molecule is O=C(NC1CN2CCC1CC2)c1cc2oc(C(=O)N3CC3)cc2cn1. The van der Waals surface area contributed by atoms with Crippen molar-refractivity contribution >= 4 is 22.8 Å². The Hall–Kier alpha value is -2.41. The van der Waals surface area contributed by atoms with E-state index in [-0.39, 0.29) is 17.9 Å². The minimum absolute atomic E-state index is 0.102. The van der Waals surface area contributed by atoms with Crippen LogP contribution in [-0.2, 0) is 0 Å². The number of fused-ring (bicyclic) bond motifs is 4. The summed E-state index contributed by atoms with van der Waals surface area (Å²) >= 11 is 0. The summed E-state index contributed by atoms with van der Waals surface area (Å²) in [6.45, 7) is 4.76. The Kier molecular flexibility index (Phi) is 3.31. The van der Waals surface area contributed by atoms with Gasteiger partial charge in [-0.05, 0) is 37.9 Å². The zero-order chi connectivity index (χ0) is 17.0. The first kappa shape index (κ1) is 14.9. The number of amides is 2. The molecule has 0 aromatic carbocycles. The molecule has 2 bridgehead atoms. The maximum Gasteiger partial charge on any atom is 0.289 e. The molecule has 1 atom stereocenters. The maximum atomic E-state index is 12.6. The van der Waals surface area contributed by atoms with E-state index in [2.05, 4.69) is 15.2 Å². The van der Waals surface area contributed by atoms with Crippen LogP contribution in [0.1, 0.15) is 33.9 Å². The Labute approximate surface area is 145 Å². The van der Waals surface area contributed by atoms with E-state index in [0.717, 1.165) is 51.0 Å². The number of rotatable bonds is 3. The molecular weight excluding hydrogens is 320 g/mol. The number of piperidine rings is 3. The molecule has 7 heteroatoms. The second kappa shape index (κ2) is 5.56. The minimum Gasteiger partial charge on any atom is -0.451 e. The largest absolute Gasteiger partial charge is 0.451 e. The quantitative estimate of drug-likeness (QED) is 0.847. The Morgan fingerprint density at radius 2 is 1.96 bits per heavy atom. The van der Waals surface area contributed by atoms with Gasteiger partial charge in [0.2, 0.25) is 0 Å². The van der Waals surface area contributed by atoms with Gasteiger partial charge in [-0.3, -0.25) is 14.6 Å². The third-order valence-electron chi connectivity index (χ3n) is 5.55. The molecule has 0 spiro atoms. The molecule has 6 heterocycles. The van der Waals surface area contributed by atoms with Crippen LogP contribution in [0.25, 0.3) is 11.0 Å². The monoisotopic (exact) mass is 340 g/mol. The summed E-state index contributed by atoms with van der Waals surface area (Å²) in [6, 6.07) is 3.52. The Bertz CT molecular complexity index is 849. The van der Waals surface area contributed by atoms with Gasteiger partial charge < -0.3 is 19.5 Å². The van der Waals surface area contributed by atoms with Gasteiger partial charge in [0.1, 0.15) is 11.3 Å². The zero-order valence-electron chi connectivity index (χ0n) is 13.9. The number of carbonyl (C=O) groups excluding carboxylic acids is 2. The van der Waals surface area contributed by atoms with Gasteiger partial charge in [-0.15, -0.1) is 0 Å². The van der Waals surface area contributed by atoms with Crippen molar-refractivity contribution in [2.45, 2.75) is 18.9 Å². The first-order valence-electron chi connectivity index (χ1n) is 8.89. The normalized spacial score (nSPS) is 27.5. The van der Waals surface area contributed by atoms with Gasteiger partial charge in [0, 0.05) is 43.3 Å². The molecule has 4 aliphatic rings. The molecular formula is C18H20N4O3. The third kappa shape index (κ3) is 2.68. The first-order chi connectivity index (χ1) is 12.2. The predicted octanol–water partition coefficient (Wildman–Crippen LogP) is 1.11. The van der Waals surface area contributed by atoms with Gasteiger partial charge in [-0.25, -0.2) is 0 Å². The van der Waals surface area contributed by atoms with E-state index >= 15 is 0 Å². The molecule has 4 saturated heterocycles. The number of aromatic nitrogens is 1. The first-order valence-corrected chi connectivity index (χ1v) is 8.89. The summed E-state index contributed by atoms with van der Waals surface area (Å²) in [5, 5.41) is 3.87. The maximum absolute atomic E-state index is 12.6. The van der Waals surface area contributed by atoms with Crippen LogP contribution < -0.4 is 5.32 Å². The molecule has 2 aromatic heterocycles. The molecule has 4 aliphatic heterocycles. The van der Waals surface area contributed by atoms with E-state index in [0.29, 0.717) is 23.0 Å².